The van der Waals surface area contributed by atoms with Crippen molar-refractivity contribution in [3.8, 4) is 0 Å². The number of benzene rings is 2. The van der Waals surface area contributed by atoms with E-state index in [2.05, 4.69) is 0 Å². The molecule has 0 fully saturated rings. The van der Waals surface area contributed by atoms with E-state index in [0.717, 1.165) is 5.56 Å². The predicted molar refractivity (Wildman–Crippen MR) is 76.4 cm³/mol. The van der Waals surface area contributed by atoms with Crippen molar-refractivity contribution in [2.75, 3.05) is 5.73 Å². The Hall–Kier alpha value is -1.71. The van der Waals surface area contributed by atoms with Gasteiger partial charge in [-0.15, -0.1) is 0 Å². The fourth-order valence-electron chi connectivity index (χ4n) is 1.54. The summed E-state index contributed by atoms with van der Waals surface area (Å²) in [6, 6.07) is 11.8. The van der Waals surface area contributed by atoms with Crippen LogP contribution in [0.5, 0.6) is 0 Å². The molecule has 5 heteroatoms. The lowest BCUT2D eigenvalue weighted by atomic mass is 10.2. The van der Waals surface area contributed by atoms with Crippen molar-refractivity contribution in [2.24, 2.45) is 0 Å². The summed E-state index contributed by atoms with van der Waals surface area (Å²) < 4.78 is 5.17. The van der Waals surface area contributed by atoms with Crippen molar-refractivity contribution in [3.63, 3.8) is 0 Å². The van der Waals surface area contributed by atoms with Crippen molar-refractivity contribution < 1.29 is 9.53 Å². The van der Waals surface area contributed by atoms with E-state index in [0.29, 0.717) is 15.7 Å². The van der Waals surface area contributed by atoms with Gasteiger partial charge in [0.1, 0.15) is 6.61 Å². The number of nitrogens with two attached hydrogens (primary N) is 1. The van der Waals surface area contributed by atoms with E-state index in [-0.39, 0.29) is 12.2 Å². The summed E-state index contributed by atoms with van der Waals surface area (Å²) >= 11 is 11.9. The lowest BCUT2D eigenvalue weighted by molar-refractivity contribution is 0.0473. The normalized spacial score (nSPS) is 10.2. The molecule has 0 saturated heterocycles. The maximum Gasteiger partial charge on any atom is 0.340 e. The van der Waals surface area contributed by atoms with Crippen molar-refractivity contribution in [1.29, 1.82) is 0 Å². The van der Waals surface area contributed by atoms with Gasteiger partial charge in [-0.1, -0.05) is 41.4 Å². The third kappa shape index (κ3) is 3.40. The van der Waals surface area contributed by atoms with Gasteiger partial charge in [-0.2, -0.15) is 0 Å². The first-order chi connectivity index (χ1) is 9.08. The molecular weight excluding hydrogens is 285 g/mol. The molecule has 2 aromatic rings. The van der Waals surface area contributed by atoms with E-state index in [1.165, 1.54) is 6.07 Å². The number of hydrogen-bond acceptors (Lipinski definition) is 3. The first-order valence-electron chi connectivity index (χ1n) is 5.53. The number of anilines is 1. The molecule has 2 N–H and O–H groups in total. The van der Waals surface area contributed by atoms with E-state index < -0.39 is 5.97 Å². The zero-order valence-electron chi connectivity index (χ0n) is 9.90. The third-order valence-corrected chi connectivity index (χ3v) is 3.23. The molecule has 0 unspecified atom stereocenters. The molecule has 0 aliphatic heterocycles. The molecule has 0 aromatic heterocycles. The Labute approximate surface area is 120 Å². The molecule has 3 nitrogen and oxygen atoms in total. The number of carbonyl (C=O) groups is 1. The van der Waals surface area contributed by atoms with Crippen LogP contribution in [0.1, 0.15) is 15.9 Å². The first-order valence-corrected chi connectivity index (χ1v) is 6.29. The molecule has 0 heterocycles. The van der Waals surface area contributed by atoms with Crippen LogP contribution in [0.4, 0.5) is 5.69 Å². The van der Waals surface area contributed by atoms with Gasteiger partial charge >= 0.3 is 5.97 Å². The highest BCUT2D eigenvalue weighted by molar-refractivity contribution is 6.33. The molecule has 0 spiro atoms. The van der Waals surface area contributed by atoms with Gasteiger partial charge in [0.25, 0.3) is 0 Å². The van der Waals surface area contributed by atoms with Crippen LogP contribution >= 0.6 is 23.2 Å². The molecule has 2 aromatic carbocycles. The van der Waals surface area contributed by atoms with Gasteiger partial charge in [0.15, 0.2) is 0 Å². The number of rotatable bonds is 3. The molecule has 0 aliphatic carbocycles. The van der Waals surface area contributed by atoms with Gasteiger partial charge in [0.2, 0.25) is 0 Å². The van der Waals surface area contributed by atoms with Crippen molar-refractivity contribution in [3.05, 3.63) is 63.6 Å². The van der Waals surface area contributed by atoms with Gasteiger partial charge in [-0.05, 0) is 24.3 Å². The molecule has 2 rings (SSSR count). The highest BCUT2D eigenvalue weighted by Gasteiger charge is 2.13. The SMILES string of the molecule is Nc1ccc(Cl)c(C(=O)OCc2ccccc2Cl)c1. The molecule has 98 valence electrons. The van der Waals surface area contributed by atoms with E-state index in [1.54, 1.807) is 24.3 Å². The van der Waals surface area contributed by atoms with Gasteiger partial charge < -0.3 is 10.5 Å². The minimum Gasteiger partial charge on any atom is -0.457 e. The summed E-state index contributed by atoms with van der Waals surface area (Å²) in [6.07, 6.45) is 0. The minimum atomic E-state index is -0.530. The first kappa shape index (κ1) is 13.7. The van der Waals surface area contributed by atoms with Crippen LogP contribution in [0.3, 0.4) is 0 Å². The van der Waals surface area contributed by atoms with Gasteiger partial charge in [-0.25, -0.2) is 4.79 Å². The summed E-state index contributed by atoms with van der Waals surface area (Å²) in [4.78, 5) is 11.9. The number of halogens is 2. The van der Waals surface area contributed by atoms with Crippen LogP contribution in [0.15, 0.2) is 42.5 Å². The molecule has 0 radical (unpaired) electrons. The monoisotopic (exact) mass is 295 g/mol. The van der Waals surface area contributed by atoms with Crippen LogP contribution in [-0.2, 0) is 11.3 Å². The second kappa shape index (κ2) is 5.95. The summed E-state index contributed by atoms with van der Waals surface area (Å²) in [5.41, 5.74) is 7.04. The number of hydrogen-bond donors (Lipinski definition) is 1. The standard InChI is InChI=1S/C14H11Cl2NO2/c15-12-4-2-1-3-9(12)8-19-14(18)11-7-10(17)5-6-13(11)16/h1-7H,8,17H2. The number of nitrogen functional groups attached to an aromatic ring is 1. The fraction of sp³-hybridized carbons (Fsp3) is 0.0714. The topological polar surface area (TPSA) is 52.3 Å². The summed E-state index contributed by atoms with van der Waals surface area (Å²) in [6.45, 7) is 0.0869. The molecule has 0 aliphatic rings. The third-order valence-electron chi connectivity index (χ3n) is 2.53. The smallest absolute Gasteiger partial charge is 0.340 e. The Morgan fingerprint density at radius 1 is 1.11 bits per heavy atom. The van der Waals surface area contributed by atoms with E-state index in [9.17, 15) is 4.79 Å². The summed E-state index contributed by atoms with van der Waals surface area (Å²) in [5.74, 6) is -0.530. The highest BCUT2D eigenvalue weighted by atomic mass is 35.5. The van der Waals surface area contributed by atoms with E-state index in [1.807, 2.05) is 12.1 Å². The summed E-state index contributed by atoms with van der Waals surface area (Å²) in [7, 11) is 0. The fourth-order valence-corrected chi connectivity index (χ4v) is 1.92. The Bertz CT molecular complexity index is 614. The Kier molecular flexibility index (Phi) is 4.30. The molecule has 19 heavy (non-hydrogen) atoms. The van der Waals surface area contributed by atoms with Crippen molar-refractivity contribution >= 4 is 34.9 Å². The second-order valence-corrected chi connectivity index (χ2v) is 4.72. The summed E-state index contributed by atoms with van der Waals surface area (Å²) in [5, 5.41) is 0.854. The average Bonchev–Trinajstić information content (AvgIpc) is 2.40. The van der Waals surface area contributed by atoms with Gasteiger partial charge in [0.05, 0.1) is 10.6 Å². The van der Waals surface area contributed by atoms with Crippen molar-refractivity contribution in [1.82, 2.24) is 0 Å². The maximum absolute atomic E-state index is 11.9. The molecule has 0 amide bonds. The second-order valence-electron chi connectivity index (χ2n) is 3.91. The molecule has 0 bridgehead atoms. The predicted octanol–water partition coefficient (Wildman–Crippen LogP) is 3.93. The zero-order chi connectivity index (χ0) is 13.8. The van der Waals surface area contributed by atoms with Gasteiger partial charge in [-0.3, -0.25) is 0 Å². The Balaban J connectivity index is 2.10. The van der Waals surface area contributed by atoms with E-state index >= 15 is 0 Å². The lowest BCUT2D eigenvalue weighted by Gasteiger charge is -2.08. The largest absolute Gasteiger partial charge is 0.457 e. The molecule has 0 atom stereocenters. The quantitative estimate of drug-likeness (QED) is 0.689. The Morgan fingerprint density at radius 2 is 1.84 bits per heavy atom. The average molecular weight is 296 g/mol. The molecule has 0 saturated carbocycles. The molecular formula is C14H11Cl2NO2. The maximum atomic E-state index is 11.9. The lowest BCUT2D eigenvalue weighted by Crippen LogP contribution is -2.07. The van der Waals surface area contributed by atoms with Crippen molar-refractivity contribution in [2.45, 2.75) is 6.61 Å². The number of esters is 1. The van der Waals surface area contributed by atoms with Crippen LogP contribution < -0.4 is 5.73 Å². The van der Waals surface area contributed by atoms with Crippen LogP contribution in [-0.4, -0.2) is 5.97 Å². The Morgan fingerprint density at radius 3 is 2.58 bits per heavy atom. The number of carbonyl (C=O) groups excluding carboxylic acids is 1. The zero-order valence-corrected chi connectivity index (χ0v) is 11.4. The van der Waals surface area contributed by atoms with E-state index in [4.69, 9.17) is 33.7 Å². The number of ether oxygens (including phenoxy) is 1. The van der Waals surface area contributed by atoms with Crippen LogP contribution in [0, 0.1) is 0 Å². The van der Waals surface area contributed by atoms with Crippen LogP contribution in [0.2, 0.25) is 10.0 Å². The van der Waals surface area contributed by atoms with Crippen LogP contribution in [0.25, 0.3) is 0 Å². The highest BCUT2D eigenvalue weighted by Crippen LogP contribution is 2.21. The minimum absolute atomic E-state index is 0.0869. The van der Waals surface area contributed by atoms with Gasteiger partial charge in [0, 0.05) is 16.3 Å².